The molecule has 0 aliphatic carbocycles. The van der Waals surface area contributed by atoms with E-state index in [9.17, 15) is 10.2 Å². The molecule has 0 aliphatic heterocycles. The lowest BCUT2D eigenvalue weighted by molar-refractivity contribution is 0.423. The van der Waals surface area contributed by atoms with Crippen molar-refractivity contribution in [1.29, 1.82) is 0 Å². The van der Waals surface area contributed by atoms with Gasteiger partial charge in [0.1, 0.15) is 11.5 Å². The van der Waals surface area contributed by atoms with E-state index in [1.807, 2.05) is 0 Å². The van der Waals surface area contributed by atoms with Crippen LogP contribution in [-0.2, 0) is 10.8 Å². The molecular weight excluding hydrogens is 368 g/mol. The van der Waals surface area contributed by atoms with Crippen molar-refractivity contribution in [2.24, 2.45) is 0 Å². The van der Waals surface area contributed by atoms with Crippen molar-refractivity contribution in [3.63, 3.8) is 0 Å². The molecule has 2 atom stereocenters. The van der Waals surface area contributed by atoms with Gasteiger partial charge in [-0.05, 0) is 82.0 Å². The van der Waals surface area contributed by atoms with Crippen molar-refractivity contribution in [2.45, 2.75) is 105 Å². The Hall–Kier alpha value is -1.96. The van der Waals surface area contributed by atoms with Gasteiger partial charge in [-0.25, -0.2) is 0 Å². The van der Waals surface area contributed by atoms with Crippen LogP contribution in [-0.4, -0.2) is 10.2 Å². The molecule has 0 saturated heterocycles. The summed E-state index contributed by atoms with van der Waals surface area (Å²) in [5.41, 5.74) is 5.86. The minimum Gasteiger partial charge on any atom is -0.507 e. The van der Waals surface area contributed by atoms with Gasteiger partial charge < -0.3 is 10.2 Å². The Bertz CT molecular complexity index is 828. The minimum atomic E-state index is -0.171. The molecular formula is C28H42O2. The first-order valence-electron chi connectivity index (χ1n) is 11.5. The number of phenolic OH excluding ortho intramolecular Hbond substituents is 2. The van der Waals surface area contributed by atoms with Gasteiger partial charge >= 0.3 is 0 Å². The summed E-state index contributed by atoms with van der Waals surface area (Å²) in [7, 11) is 0. The quantitative estimate of drug-likeness (QED) is 0.519. The van der Waals surface area contributed by atoms with Gasteiger partial charge in [0, 0.05) is 11.1 Å². The Labute approximate surface area is 184 Å². The average Bonchev–Trinajstić information content (AvgIpc) is 2.65. The first kappa shape index (κ1) is 24.3. The summed E-state index contributed by atoms with van der Waals surface area (Å²) in [6.45, 7) is 21.5. The minimum absolute atomic E-state index is 0.171. The van der Waals surface area contributed by atoms with Crippen molar-refractivity contribution in [2.75, 3.05) is 0 Å². The van der Waals surface area contributed by atoms with Crippen LogP contribution in [0, 0.1) is 0 Å². The molecule has 0 aliphatic rings. The van der Waals surface area contributed by atoms with E-state index >= 15 is 0 Å². The predicted molar refractivity (Wildman–Crippen MR) is 130 cm³/mol. The zero-order chi connectivity index (χ0) is 23.0. The lowest BCUT2D eigenvalue weighted by Gasteiger charge is -2.29. The lowest BCUT2D eigenvalue weighted by atomic mass is 9.77. The maximum absolute atomic E-state index is 11.1. The number of benzene rings is 2. The van der Waals surface area contributed by atoms with Crippen molar-refractivity contribution < 1.29 is 10.2 Å². The average molecular weight is 411 g/mol. The van der Waals surface area contributed by atoms with Gasteiger partial charge in [-0.3, -0.25) is 0 Å². The van der Waals surface area contributed by atoms with Crippen molar-refractivity contribution >= 4 is 0 Å². The normalized spacial score (nSPS) is 14.6. The molecule has 2 nitrogen and oxygen atoms in total. The molecule has 166 valence electrons. The highest BCUT2D eigenvalue weighted by Gasteiger charge is 2.27. The number of hydrogen-bond donors (Lipinski definition) is 2. The molecule has 0 amide bonds. The zero-order valence-electron chi connectivity index (χ0n) is 20.8. The maximum Gasteiger partial charge on any atom is 0.123 e. The Balaban J connectivity index is 2.89. The lowest BCUT2D eigenvalue weighted by Crippen LogP contribution is -2.17. The van der Waals surface area contributed by atoms with Crippen LogP contribution in [0.25, 0.3) is 11.1 Å². The van der Waals surface area contributed by atoms with E-state index in [4.69, 9.17) is 0 Å². The van der Waals surface area contributed by atoms with E-state index in [2.05, 4.69) is 93.5 Å². The zero-order valence-corrected chi connectivity index (χ0v) is 20.8. The summed E-state index contributed by atoms with van der Waals surface area (Å²) in [6.07, 6.45) is 1.96. The third-order valence-electron chi connectivity index (χ3n) is 6.51. The highest BCUT2D eigenvalue weighted by atomic mass is 16.3. The van der Waals surface area contributed by atoms with Crippen molar-refractivity contribution in [1.82, 2.24) is 0 Å². The fourth-order valence-corrected chi connectivity index (χ4v) is 3.98. The molecule has 2 aromatic carbocycles. The van der Waals surface area contributed by atoms with E-state index in [-0.39, 0.29) is 22.7 Å². The summed E-state index contributed by atoms with van der Waals surface area (Å²) in [6, 6.07) is 8.58. The van der Waals surface area contributed by atoms with E-state index < -0.39 is 0 Å². The van der Waals surface area contributed by atoms with Crippen LogP contribution < -0.4 is 0 Å². The highest BCUT2D eigenvalue weighted by Crippen LogP contribution is 2.44. The SMILES string of the molecule is CCC(C)c1cc(-c2cc(C(C)(C)C)c(O)c(C(C)(C)C)c2)cc(C(C)CC)c1O. The molecule has 2 N–H and O–H groups in total. The van der Waals surface area contributed by atoms with Gasteiger partial charge in [0.15, 0.2) is 0 Å². The highest BCUT2D eigenvalue weighted by molar-refractivity contribution is 5.72. The first-order chi connectivity index (χ1) is 13.7. The second kappa shape index (κ2) is 8.65. The van der Waals surface area contributed by atoms with E-state index in [0.717, 1.165) is 46.2 Å². The number of rotatable bonds is 5. The van der Waals surface area contributed by atoms with Gasteiger partial charge in [0.05, 0.1) is 0 Å². The molecule has 2 aromatic rings. The van der Waals surface area contributed by atoms with Gasteiger partial charge in [-0.1, -0.05) is 69.2 Å². The van der Waals surface area contributed by atoms with Crippen LogP contribution in [0.4, 0.5) is 0 Å². The topological polar surface area (TPSA) is 40.5 Å². The summed E-state index contributed by atoms with van der Waals surface area (Å²) in [5.74, 6) is 1.43. The molecule has 2 unspecified atom stereocenters. The second-order valence-corrected chi connectivity index (χ2v) is 11.0. The number of hydrogen-bond acceptors (Lipinski definition) is 2. The molecule has 0 spiro atoms. The summed E-state index contributed by atoms with van der Waals surface area (Å²) < 4.78 is 0. The molecule has 2 rings (SSSR count). The van der Waals surface area contributed by atoms with Crippen LogP contribution in [0.2, 0.25) is 0 Å². The molecule has 0 heterocycles. The van der Waals surface area contributed by atoms with E-state index in [0.29, 0.717) is 11.5 Å². The smallest absolute Gasteiger partial charge is 0.123 e. The van der Waals surface area contributed by atoms with Gasteiger partial charge in [0.25, 0.3) is 0 Å². The largest absolute Gasteiger partial charge is 0.507 e. The summed E-state index contributed by atoms with van der Waals surface area (Å²) in [5, 5.41) is 22.1. The Morgan fingerprint density at radius 1 is 0.633 bits per heavy atom. The third-order valence-corrected chi connectivity index (χ3v) is 6.51. The Morgan fingerprint density at radius 2 is 0.967 bits per heavy atom. The van der Waals surface area contributed by atoms with Crippen molar-refractivity contribution in [3.8, 4) is 22.6 Å². The Kier molecular flexibility index (Phi) is 7.01. The third kappa shape index (κ3) is 4.85. The van der Waals surface area contributed by atoms with Gasteiger partial charge in [-0.2, -0.15) is 0 Å². The monoisotopic (exact) mass is 410 g/mol. The fourth-order valence-electron chi connectivity index (χ4n) is 3.98. The Morgan fingerprint density at radius 3 is 1.27 bits per heavy atom. The standard InChI is InChI=1S/C28H42O2/c1-11-17(3)21-13-19(14-22(25(21)29)18(4)12-2)20-15-23(27(5,6)7)26(30)24(16-20)28(8,9)10/h13-18,29-30H,11-12H2,1-10H3. The molecule has 2 heteroatoms. The van der Waals surface area contributed by atoms with Gasteiger partial charge in [-0.15, -0.1) is 0 Å². The molecule has 0 bridgehead atoms. The molecule has 0 saturated carbocycles. The molecule has 30 heavy (non-hydrogen) atoms. The van der Waals surface area contributed by atoms with Crippen LogP contribution in [0.1, 0.15) is 116 Å². The van der Waals surface area contributed by atoms with Crippen LogP contribution in [0.5, 0.6) is 11.5 Å². The fraction of sp³-hybridized carbons (Fsp3) is 0.571. The number of aromatic hydroxyl groups is 2. The predicted octanol–water partition coefficient (Wildman–Crippen LogP) is 8.39. The molecule has 0 fully saturated rings. The molecule has 0 aromatic heterocycles. The summed E-state index contributed by atoms with van der Waals surface area (Å²) in [4.78, 5) is 0. The number of phenols is 2. The van der Waals surface area contributed by atoms with Crippen LogP contribution >= 0.6 is 0 Å². The maximum atomic E-state index is 11.1. The van der Waals surface area contributed by atoms with E-state index in [1.165, 1.54) is 0 Å². The summed E-state index contributed by atoms with van der Waals surface area (Å²) >= 11 is 0. The van der Waals surface area contributed by atoms with Crippen molar-refractivity contribution in [3.05, 3.63) is 46.5 Å². The van der Waals surface area contributed by atoms with Gasteiger partial charge in [0.2, 0.25) is 0 Å². The molecule has 0 radical (unpaired) electrons. The first-order valence-corrected chi connectivity index (χ1v) is 11.5. The van der Waals surface area contributed by atoms with E-state index in [1.54, 1.807) is 0 Å². The second-order valence-electron chi connectivity index (χ2n) is 11.0. The van der Waals surface area contributed by atoms with Crippen LogP contribution in [0.15, 0.2) is 24.3 Å². The van der Waals surface area contributed by atoms with Crippen LogP contribution in [0.3, 0.4) is 0 Å².